The molecule has 0 saturated carbocycles. The normalized spacial score (nSPS) is 10.6. The standard InChI is InChI=1S/C26H24N10S4/c37-23-31-21(29-19-7-3-1-4-8-19)33-25(35-23)39-15-27-17-11-13-18(14-12-17)28-16-40-26-34-22(32-24(38)36-26)30-20-9-5-2-6-10-20/h1-14,27-28H,15-16H2,(H2,29,31,33,35,37)(H2,30,32,34,36,38). The Hall–Kier alpha value is -3.98. The number of nitrogens with zero attached hydrogens (tertiary/aromatic N) is 4. The van der Waals surface area contributed by atoms with E-state index < -0.39 is 0 Å². The molecule has 0 amide bonds. The highest BCUT2D eigenvalue weighted by atomic mass is 32.2. The van der Waals surface area contributed by atoms with Crippen LogP contribution in [0.4, 0.5) is 34.6 Å². The fourth-order valence-electron chi connectivity index (χ4n) is 3.37. The van der Waals surface area contributed by atoms with Gasteiger partial charge in [-0.25, -0.2) is 0 Å². The third-order valence-corrected chi connectivity index (χ3v) is 7.02. The van der Waals surface area contributed by atoms with Crippen LogP contribution in [-0.2, 0) is 0 Å². The van der Waals surface area contributed by atoms with Crippen LogP contribution >= 0.6 is 48.0 Å². The summed E-state index contributed by atoms with van der Waals surface area (Å²) >= 11 is 13.4. The fourth-order valence-corrected chi connectivity index (χ4v) is 5.21. The van der Waals surface area contributed by atoms with Gasteiger partial charge in [-0.15, -0.1) is 0 Å². The minimum absolute atomic E-state index is 0.371. The predicted molar refractivity (Wildman–Crippen MR) is 169 cm³/mol. The van der Waals surface area contributed by atoms with Gasteiger partial charge in [0, 0.05) is 22.7 Å². The highest BCUT2D eigenvalue weighted by molar-refractivity contribution is 7.99. The van der Waals surface area contributed by atoms with Crippen molar-refractivity contribution in [2.75, 3.05) is 33.0 Å². The maximum Gasteiger partial charge on any atom is 0.209 e. The zero-order valence-corrected chi connectivity index (χ0v) is 24.2. The molecule has 0 atom stereocenters. The van der Waals surface area contributed by atoms with Crippen LogP contribution in [0, 0.1) is 9.54 Å². The number of rotatable bonds is 12. The van der Waals surface area contributed by atoms with Gasteiger partial charge in [0.05, 0.1) is 11.8 Å². The topological polar surface area (TPSA) is 131 Å². The molecule has 10 nitrogen and oxygen atoms in total. The Morgan fingerprint density at radius 2 is 0.925 bits per heavy atom. The van der Waals surface area contributed by atoms with Gasteiger partial charge >= 0.3 is 0 Å². The van der Waals surface area contributed by atoms with E-state index >= 15 is 0 Å². The summed E-state index contributed by atoms with van der Waals surface area (Å²) in [6.07, 6.45) is 0. The first-order chi connectivity index (χ1) is 19.6. The van der Waals surface area contributed by atoms with Crippen LogP contribution in [0.3, 0.4) is 0 Å². The number of anilines is 6. The molecule has 5 aromatic rings. The van der Waals surface area contributed by atoms with Crippen molar-refractivity contribution in [3.63, 3.8) is 0 Å². The van der Waals surface area contributed by atoms with E-state index in [9.17, 15) is 0 Å². The van der Waals surface area contributed by atoms with Crippen LogP contribution < -0.4 is 21.3 Å². The predicted octanol–water partition coefficient (Wildman–Crippen LogP) is 7.19. The maximum atomic E-state index is 5.26. The van der Waals surface area contributed by atoms with Crippen molar-refractivity contribution in [3.8, 4) is 0 Å². The monoisotopic (exact) mass is 604 g/mol. The summed E-state index contributed by atoms with van der Waals surface area (Å²) in [4.78, 5) is 23.6. The number of thioether (sulfide) groups is 2. The second kappa shape index (κ2) is 13.9. The molecule has 202 valence electrons. The quantitative estimate of drug-likeness (QED) is 0.0489. The summed E-state index contributed by atoms with van der Waals surface area (Å²) in [7, 11) is 0. The Bertz CT molecular complexity index is 1520. The van der Waals surface area contributed by atoms with E-state index in [1.807, 2.05) is 84.9 Å². The van der Waals surface area contributed by atoms with E-state index in [1.165, 1.54) is 23.5 Å². The second-order valence-corrected chi connectivity index (χ2v) is 10.7. The Morgan fingerprint density at radius 3 is 1.32 bits per heavy atom. The summed E-state index contributed by atoms with van der Waals surface area (Å²) in [6.45, 7) is 0. The SMILES string of the molecule is S=c1nc(SCNc2ccc(NCSc3nc(Nc4ccccc4)[nH]c(=S)n3)cc2)nc(Nc2ccccc2)[nH]1. The molecule has 14 heteroatoms. The van der Waals surface area contributed by atoms with Gasteiger partial charge in [-0.1, -0.05) is 59.9 Å². The minimum atomic E-state index is 0.371. The molecule has 3 aromatic carbocycles. The van der Waals surface area contributed by atoms with Crippen LogP contribution in [0.1, 0.15) is 0 Å². The molecular weight excluding hydrogens is 581 g/mol. The number of para-hydroxylation sites is 2. The Morgan fingerprint density at radius 1 is 0.525 bits per heavy atom. The van der Waals surface area contributed by atoms with Gasteiger partial charge in [-0.3, -0.25) is 0 Å². The molecule has 0 unspecified atom stereocenters. The van der Waals surface area contributed by atoms with Gasteiger partial charge in [-0.2, -0.15) is 19.9 Å². The third kappa shape index (κ3) is 8.51. The lowest BCUT2D eigenvalue weighted by Gasteiger charge is -2.10. The third-order valence-electron chi connectivity index (χ3n) is 5.17. The van der Waals surface area contributed by atoms with Gasteiger partial charge in [0.1, 0.15) is 0 Å². The molecule has 0 saturated heterocycles. The molecule has 6 N–H and O–H groups in total. The van der Waals surface area contributed by atoms with Crippen LogP contribution in [0.2, 0.25) is 0 Å². The number of hydrogen-bond donors (Lipinski definition) is 6. The van der Waals surface area contributed by atoms with Crippen molar-refractivity contribution in [2.24, 2.45) is 0 Å². The molecule has 0 aliphatic rings. The number of H-pyrrole nitrogens is 2. The molecule has 0 fully saturated rings. The summed E-state index contributed by atoms with van der Waals surface area (Å²) in [5.74, 6) is 2.26. The number of hydrogen-bond acceptors (Lipinski definition) is 12. The summed E-state index contributed by atoms with van der Waals surface area (Å²) in [5.41, 5.74) is 3.78. The molecule has 0 aliphatic heterocycles. The first-order valence-electron chi connectivity index (χ1n) is 12.0. The molecule has 0 spiro atoms. The van der Waals surface area contributed by atoms with Crippen LogP contribution in [0.15, 0.2) is 95.2 Å². The average molecular weight is 605 g/mol. The van der Waals surface area contributed by atoms with Crippen molar-refractivity contribution < 1.29 is 0 Å². The van der Waals surface area contributed by atoms with Crippen molar-refractivity contribution in [3.05, 3.63) is 94.5 Å². The number of aromatic nitrogens is 6. The smallest absolute Gasteiger partial charge is 0.209 e. The first-order valence-corrected chi connectivity index (χ1v) is 14.8. The number of benzene rings is 3. The first kappa shape index (κ1) is 27.6. The molecular formula is C26H24N10S4. The van der Waals surface area contributed by atoms with E-state index in [0.717, 1.165) is 22.7 Å². The highest BCUT2D eigenvalue weighted by Gasteiger charge is 2.05. The second-order valence-electron chi connectivity index (χ2n) is 8.06. The van der Waals surface area contributed by atoms with Crippen molar-refractivity contribution in [1.82, 2.24) is 29.9 Å². The largest absolute Gasteiger partial charge is 0.376 e. The zero-order chi connectivity index (χ0) is 27.6. The summed E-state index contributed by atoms with van der Waals surface area (Å²) < 4.78 is 0.742. The van der Waals surface area contributed by atoms with E-state index in [1.54, 1.807) is 0 Å². The number of nitrogens with one attached hydrogen (secondary N) is 6. The molecule has 0 radical (unpaired) electrons. The minimum Gasteiger partial charge on any atom is -0.376 e. The molecule has 40 heavy (non-hydrogen) atoms. The fraction of sp³-hybridized carbons (Fsp3) is 0.0769. The maximum absolute atomic E-state index is 5.26. The molecule has 2 aromatic heterocycles. The lowest BCUT2D eigenvalue weighted by Crippen LogP contribution is -2.04. The lowest BCUT2D eigenvalue weighted by molar-refractivity contribution is 0.897. The number of aromatic amines is 2. The van der Waals surface area contributed by atoms with Crippen LogP contribution in [0.5, 0.6) is 0 Å². The molecule has 0 aliphatic carbocycles. The summed E-state index contributed by atoms with van der Waals surface area (Å²) in [5, 5.41) is 14.3. The highest BCUT2D eigenvalue weighted by Crippen LogP contribution is 2.21. The van der Waals surface area contributed by atoms with Crippen molar-refractivity contribution in [2.45, 2.75) is 10.3 Å². The van der Waals surface area contributed by atoms with Crippen molar-refractivity contribution >= 4 is 82.6 Å². The van der Waals surface area contributed by atoms with Gasteiger partial charge in [-0.05, 0) is 73.0 Å². The van der Waals surface area contributed by atoms with E-state index in [-0.39, 0.29) is 0 Å². The van der Waals surface area contributed by atoms with Crippen LogP contribution in [0.25, 0.3) is 0 Å². The summed E-state index contributed by atoms with van der Waals surface area (Å²) in [6, 6.07) is 27.6. The Labute approximate surface area is 249 Å². The van der Waals surface area contributed by atoms with Crippen molar-refractivity contribution in [1.29, 1.82) is 0 Å². The van der Waals surface area contributed by atoms with E-state index in [0.29, 0.717) is 43.5 Å². The Balaban J connectivity index is 1.08. The average Bonchev–Trinajstić information content (AvgIpc) is 2.94. The van der Waals surface area contributed by atoms with Crippen LogP contribution in [-0.4, -0.2) is 41.7 Å². The van der Waals surface area contributed by atoms with Gasteiger partial charge in [0.15, 0.2) is 10.3 Å². The molecule has 2 heterocycles. The van der Waals surface area contributed by atoms with E-state index in [2.05, 4.69) is 51.2 Å². The molecule has 0 bridgehead atoms. The Kier molecular flexibility index (Phi) is 9.58. The van der Waals surface area contributed by atoms with Gasteiger partial charge in [0.25, 0.3) is 0 Å². The van der Waals surface area contributed by atoms with Gasteiger partial charge < -0.3 is 31.2 Å². The lowest BCUT2D eigenvalue weighted by atomic mass is 10.3. The van der Waals surface area contributed by atoms with E-state index in [4.69, 9.17) is 24.4 Å². The van der Waals surface area contributed by atoms with Gasteiger partial charge in [0.2, 0.25) is 21.4 Å². The zero-order valence-electron chi connectivity index (χ0n) is 20.9. The molecule has 5 rings (SSSR count).